The largest absolute Gasteiger partial charge is 0.303 e. The van der Waals surface area contributed by atoms with Gasteiger partial charge in [-0.15, -0.1) is 0 Å². The van der Waals surface area contributed by atoms with E-state index in [1.54, 1.807) is 6.08 Å². The summed E-state index contributed by atoms with van der Waals surface area (Å²) in [6.45, 7) is 2.00. The van der Waals surface area contributed by atoms with E-state index in [9.17, 15) is 9.59 Å². The van der Waals surface area contributed by atoms with Crippen LogP contribution in [0.5, 0.6) is 0 Å². The second-order valence-electron chi connectivity index (χ2n) is 1.99. The third kappa shape index (κ3) is 5.22. The molecule has 0 aliphatic heterocycles. The molecule has 0 aromatic heterocycles. The number of ketones is 1. The van der Waals surface area contributed by atoms with E-state index in [0.717, 1.165) is 6.42 Å². The molecule has 0 aliphatic carbocycles. The van der Waals surface area contributed by atoms with Gasteiger partial charge in [0.25, 0.3) is 0 Å². The number of Topliss-reactive ketones (excluding diaryl/α,β-unsaturated/α-hetero) is 1. The lowest BCUT2D eigenvalue weighted by molar-refractivity contribution is -0.121. The minimum Gasteiger partial charge on any atom is -0.303 e. The molecule has 0 bridgehead atoms. The van der Waals surface area contributed by atoms with Crippen LogP contribution in [0.4, 0.5) is 0 Å². The van der Waals surface area contributed by atoms with Gasteiger partial charge < -0.3 is 4.79 Å². The minimum absolute atomic E-state index is 0.0142. The summed E-state index contributed by atoms with van der Waals surface area (Å²) < 4.78 is 0. The first-order valence-electron chi connectivity index (χ1n) is 3.41. The zero-order valence-corrected chi connectivity index (χ0v) is 6.17. The van der Waals surface area contributed by atoms with Crippen molar-refractivity contribution < 1.29 is 9.59 Å². The Labute approximate surface area is 60.9 Å². The molecule has 2 nitrogen and oxygen atoms in total. The van der Waals surface area contributed by atoms with E-state index in [-0.39, 0.29) is 12.2 Å². The van der Waals surface area contributed by atoms with Gasteiger partial charge in [0, 0.05) is 6.42 Å². The molecule has 0 atom stereocenters. The van der Waals surface area contributed by atoms with Gasteiger partial charge in [0.1, 0.15) is 12.1 Å². The van der Waals surface area contributed by atoms with Crippen molar-refractivity contribution in [1.82, 2.24) is 0 Å². The highest BCUT2D eigenvalue weighted by atomic mass is 16.1. The van der Waals surface area contributed by atoms with Gasteiger partial charge in [-0.25, -0.2) is 0 Å². The van der Waals surface area contributed by atoms with Crippen LogP contribution >= 0.6 is 0 Å². The second-order valence-corrected chi connectivity index (χ2v) is 1.99. The normalized spacial score (nSPS) is 10.1. The zero-order chi connectivity index (χ0) is 7.82. The lowest BCUT2D eigenvalue weighted by Gasteiger charge is -1.86. The Bertz CT molecular complexity index is 136. The third-order valence-corrected chi connectivity index (χ3v) is 1.06. The number of carbonyl (C=O) groups is 2. The number of hydrogen-bond donors (Lipinski definition) is 0. The molecule has 0 radical (unpaired) electrons. The minimum atomic E-state index is -0.0142. The third-order valence-electron chi connectivity index (χ3n) is 1.06. The van der Waals surface area contributed by atoms with Gasteiger partial charge in [0.15, 0.2) is 0 Å². The van der Waals surface area contributed by atoms with Gasteiger partial charge in [-0.3, -0.25) is 4.79 Å². The van der Waals surface area contributed by atoms with Crippen LogP contribution in [0, 0.1) is 0 Å². The van der Waals surface area contributed by atoms with Crippen LogP contribution < -0.4 is 0 Å². The number of rotatable bonds is 5. The SMILES string of the molecule is CC/C=C/CC(=O)CC=O. The van der Waals surface area contributed by atoms with Gasteiger partial charge in [0.2, 0.25) is 0 Å². The van der Waals surface area contributed by atoms with Crippen LogP contribution in [0.25, 0.3) is 0 Å². The molecular formula is C8H12O2. The highest BCUT2D eigenvalue weighted by Crippen LogP contribution is 1.90. The smallest absolute Gasteiger partial charge is 0.143 e. The standard InChI is InChI=1S/C8H12O2/c1-2-3-4-5-8(10)6-7-9/h3-4,7H,2,5-6H2,1H3/b4-3+. The summed E-state index contributed by atoms with van der Waals surface area (Å²) in [7, 11) is 0. The monoisotopic (exact) mass is 140 g/mol. The molecule has 0 heterocycles. The van der Waals surface area contributed by atoms with E-state index in [0.29, 0.717) is 12.7 Å². The van der Waals surface area contributed by atoms with Crippen molar-refractivity contribution in [2.45, 2.75) is 26.2 Å². The van der Waals surface area contributed by atoms with Crippen LogP contribution in [-0.2, 0) is 9.59 Å². The molecule has 0 saturated heterocycles. The Morgan fingerprint density at radius 2 is 2.00 bits per heavy atom. The van der Waals surface area contributed by atoms with Gasteiger partial charge in [0.05, 0.1) is 6.42 Å². The fourth-order valence-electron chi connectivity index (χ4n) is 0.558. The van der Waals surface area contributed by atoms with Gasteiger partial charge in [-0.05, 0) is 6.42 Å². The van der Waals surface area contributed by atoms with E-state index in [1.165, 1.54) is 0 Å². The Morgan fingerprint density at radius 1 is 1.30 bits per heavy atom. The first-order valence-corrected chi connectivity index (χ1v) is 3.41. The van der Waals surface area contributed by atoms with Crippen LogP contribution in [0.2, 0.25) is 0 Å². The maximum absolute atomic E-state index is 10.6. The summed E-state index contributed by atoms with van der Waals surface area (Å²) in [6.07, 6.45) is 5.74. The summed E-state index contributed by atoms with van der Waals surface area (Å²) >= 11 is 0. The van der Waals surface area contributed by atoms with Crippen molar-refractivity contribution in [3.63, 3.8) is 0 Å². The lowest BCUT2D eigenvalue weighted by Crippen LogP contribution is -1.94. The molecule has 0 amide bonds. The van der Waals surface area contributed by atoms with E-state index >= 15 is 0 Å². The summed E-state index contributed by atoms with van der Waals surface area (Å²) in [5.74, 6) is -0.0142. The molecule has 0 unspecified atom stereocenters. The summed E-state index contributed by atoms with van der Waals surface area (Å²) in [6, 6.07) is 0. The Kier molecular flexibility index (Phi) is 5.63. The van der Waals surface area contributed by atoms with Crippen LogP contribution in [-0.4, -0.2) is 12.1 Å². The number of aldehydes is 1. The number of hydrogen-bond acceptors (Lipinski definition) is 2. The molecule has 0 aliphatic rings. The highest BCUT2D eigenvalue weighted by Gasteiger charge is 1.94. The van der Waals surface area contributed by atoms with E-state index in [2.05, 4.69) is 0 Å². The van der Waals surface area contributed by atoms with Crippen LogP contribution in [0.3, 0.4) is 0 Å². The Hall–Kier alpha value is -0.920. The molecule has 2 heteroatoms. The van der Waals surface area contributed by atoms with E-state index < -0.39 is 0 Å². The maximum atomic E-state index is 10.6. The molecule has 0 fully saturated rings. The molecule has 0 spiro atoms. The Balaban J connectivity index is 3.38. The summed E-state index contributed by atoms with van der Waals surface area (Å²) in [5.41, 5.74) is 0. The fraction of sp³-hybridized carbons (Fsp3) is 0.500. The molecule has 56 valence electrons. The van der Waals surface area contributed by atoms with Crippen molar-refractivity contribution in [3.05, 3.63) is 12.2 Å². The van der Waals surface area contributed by atoms with Crippen molar-refractivity contribution in [3.8, 4) is 0 Å². The average Bonchev–Trinajstić information content (AvgIpc) is 1.89. The molecule has 0 N–H and O–H groups in total. The van der Waals surface area contributed by atoms with Crippen molar-refractivity contribution in [2.24, 2.45) is 0 Å². The molecule has 0 aromatic carbocycles. The number of carbonyl (C=O) groups excluding carboxylic acids is 2. The average molecular weight is 140 g/mol. The summed E-state index contributed by atoms with van der Waals surface area (Å²) in [5, 5.41) is 0. The summed E-state index contributed by atoms with van der Waals surface area (Å²) in [4.78, 5) is 20.4. The molecule has 0 saturated carbocycles. The predicted octanol–water partition coefficient (Wildman–Crippen LogP) is 1.50. The van der Waals surface area contributed by atoms with Crippen molar-refractivity contribution in [2.75, 3.05) is 0 Å². The maximum Gasteiger partial charge on any atom is 0.143 e. The second kappa shape index (κ2) is 6.20. The first kappa shape index (κ1) is 9.08. The van der Waals surface area contributed by atoms with Crippen LogP contribution in [0.1, 0.15) is 26.2 Å². The van der Waals surface area contributed by atoms with Gasteiger partial charge in [-0.1, -0.05) is 19.1 Å². The molecule has 0 aromatic rings. The first-order chi connectivity index (χ1) is 4.81. The molecule has 0 rings (SSSR count). The predicted molar refractivity (Wildman–Crippen MR) is 39.7 cm³/mol. The fourth-order valence-corrected chi connectivity index (χ4v) is 0.558. The van der Waals surface area contributed by atoms with Crippen LogP contribution in [0.15, 0.2) is 12.2 Å². The lowest BCUT2D eigenvalue weighted by atomic mass is 10.2. The van der Waals surface area contributed by atoms with E-state index in [1.807, 2.05) is 13.0 Å². The molecular weight excluding hydrogens is 128 g/mol. The topological polar surface area (TPSA) is 34.1 Å². The molecule has 10 heavy (non-hydrogen) atoms. The van der Waals surface area contributed by atoms with Crippen molar-refractivity contribution >= 4 is 12.1 Å². The van der Waals surface area contributed by atoms with Gasteiger partial charge in [-0.2, -0.15) is 0 Å². The quantitative estimate of drug-likeness (QED) is 0.329. The van der Waals surface area contributed by atoms with Gasteiger partial charge >= 0.3 is 0 Å². The number of allylic oxidation sites excluding steroid dienone is 2. The Morgan fingerprint density at radius 3 is 2.50 bits per heavy atom. The zero-order valence-electron chi connectivity index (χ0n) is 6.17. The van der Waals surface area contributed by atoms with E-state index in [4.69, 9.17) is 0 Å². The van der Waals surface area contributed by atoms with Crippen molar-refractivity contribution in [1.29, 1.82) is 0 Å². The highest BCUT2D eigenvalue weighted by molar-refractivity contribution is 5.90.